The van der Waals surface area contributed by atoms with E-state index in [4.69, 9.17) is 9.15 Å². The summed E-state index contributed by atoms with van der Waals surface area (Å²) in [7, 11) is 0. The summed E-state index contributed by atoms with van der Waals surface area (Å²) >= 11 is 1.47. The molecule has 0 amide bonds. The molecule has 1 N–H and O–H groups in total. The maximum atomic E-state index is 12.6. The van der Waals surface area contributed by atoms with Crippen molar-refractivity contribution in [2.75, 3.05) is 0 Å². The Bertz CT molecular complexity index is 1360. The summed E-state index contributed by atoms with van der Waals surface area (Å²) in [6.45, 7) is 5.60. The van der Waals surface area contributed by atoms with E-state index in [9.17, 15) is 9.59 Å². The molecular weight excluding hydrogens is 400 g/mol. The highest BCUT2D eigenvalue weighted by atomic mass is 32.1. The third-order valence-electron chi connectivity index (χ3n) is 5.95. The summed E-state index contributed by atoms with van der Waals surface area (Å²) in [5.74, 6) is -0.0241. The van der Waals surface area contributed by atoms with Crippen LogP contribution >= 0.6 is 11.3 Å². The molecule has 3 aromatic heterocycles. The van der Waals surface area contributed by atoms with Crippen LogP contribution in [0.1, 0.15) is 52.4 Å². The largest absolute Gasteiger partial charge is 0.464 e. The molecule has 1 aromatic carbocycles. The van der Waals surface area contributed by atoms with Gasteiger partial charge in [0.15, 0.2) is 11.9 Å². The van der Waals surface area contributed by atoms with Gasteiger partial charge >= 0.3 is 5.97 Å². The molecule has 154 valence electrons. The number of furan rings is 1. The fraction of sp³-hybridized carbons (Fsp3) is 0.348. The molecule has 30 heavy (non-hydrogen) atoms. The molecule has 0 aliphatic heterocycles. The monoisotopic (exact) mass is 422 g/mol. The molecular formula is C23H22N2O4S. The number of nitrogens with one attached hydrogen (secondary N) is 1. The van der Waals surface area contributed by atoms with E-state index < -0.39 is 6.10 Å². The molecule has 1 atom stereocenters. The highest BCUT2D eigenvalue weighted by Gasteiger charge is 2.21. The highest BCUT2D eigenvalue weighted by Crippen LogP contribution is 2.31. The van der Waals surface area contributed by atoms with E-state index in [2.05, 4.69) is 22.1 Å². The first-order valence-corrected chi connectivity index (χ1v) is 10.9. The number of carbonyl (C=O) groups excluding carboxylic acids is 1. The van der Waals surface area contributed by atoms with Crippen LogP contribution in [0.3, 0.4) is 0 Å². The van der Waals surface area contributed by atoms with Gasteiger partial charge in [-0.25, -0.2) is 4.98 Å². The van der Waals surface area contributed by atoms with Gasteiger partial charge in [0.25, 0.3) is 5.56 Å². The summed E-state index contributed by atoms with van der Waals surface area (Å²) in [6, 6.07) is 4.23. The van der Waals surface area contributed by atoms with Crippen LogP contribution in [0.15, 0.2) is 27.6 Å². The fourth-order valence-electron chi connectivity index (χ4n) is 4.20. The molecule has 0 fully saturated rings. The van der Waals surface area contributed by atoms with Crippen molar-refractivity contribution >= 4 is 38.5 Å². The zero-order valence-corrected chi connectivity index (χ0v) is 17.9. The molecule has 1 aliphatic carbocycles. The van der Waals surface area contributed by atoms with Crippen LogP contribution in [-0.4, -0.2) is 15.9 Å². The minimum atomic E-state index is -0.653. The second-order valence-corrected chi connectivity index (χ2v) is 9.16. The number of carbonyl (C=O) groups is 1. The number of aromatic nitrogens is 2. The predicted molar refractivity (Wildman–Crippen MR) is 116 cm³/mol. The van der Waals surface area contributed by atoms with Gasteiger partial charge in [-0.3, -0.25) is 9.59 Å². The Balaban J connectivity index is 1.36. The molecule has 5 rings (SSSR count). The average molecular weight is 423 g/mol. The number of fused-ring (bicyclic) bond motifs is 3. The van der Waals surface area contributed by atoms with Gasteiger partial charge in [-0.2, -0.15) is 0 Å². The van der Waals surface area contributed by atoms with Crippen LogP contribution in [0.4, 0.5) is 0 Å². The lowest BCUT2D eigenvalue weighted by Crippen LogP contribution is -2.18. The van der Waals surface area contributed by atoms with Crippen molar-refractivity contribution in [3.8, 4) is 0 Å². The highest BCUT2D eigenvalue weighted by molar-refractivity contribution is 7.18. The Kier molecular flexibility index (Phi) is 4.50. The lowest BCUT2D eigenvalue weighted by molar-refractivity contribution is -0.148. The Morgan fingerprint density at radius 2 is 2.07 bits per heavy atom. The second kappa shape index (κ2) is 7.09. The standard InChI is InChI=1S/C23H22N2O4S/c1-11-13(3)30-23-20(11)22(27)24-21(25-23)12(2)29-19(26)9-16-10-28-18-8-15-6-4-5-14(15)7-17(16)18/h7-8,10,12H,4-6,9H2,1-3H3,(H,24,25,27). The molecule has 0 bridgehead atoms. The first-order valence-electron chi connectivity index (χ1n) is 10.1. The minimum absolute atomic E-state index is 0.111. The normalized spacial score (nSPS) is 14.4. The SMILES string of the molecule is Cc1sc2nc(C(C)OC(=O)Cc3coc4cc5c(cc34)CCC5)[nH]c(=O)c2c1C. The topological polar surface area (TPSA) is 85.2 Å². The second-order valence-electron chi connectivity index (χ2n) is 7.96. The van der Waals surface area contributed by atoms with Crippen molar-refractivity contribution in [2.45, 2.75) is 52.6 Å². The first kappa shape index (κ1) is 19.1. The Morgan fingerprint density at radius 3 is 2.87 bits per heavy atom. The van der Waals surface area contributed by atoms with Crippen LogP contribution in [0.2, 0.25) is 0 Å². The number of esters is 1. The molecule has 6 nitrogen and oxygen atoms in total. The molecule has 0 spiro atoms. The van der Waals surface area contributed by atoms with E-state index in [1.54, 1.807) is 13.2 Å². The summed E-state index contributed by atoms with van der Waals surface area (Å²) in [4.78, 5) is 34.1. The van der Waals surface area contributed by atoms with Gasteiger partial charge < -0.3 is 14.1 Å². The summed E-state index contributed by atoms with van der Waals surface area (Å²) in [5, 5.41) is 1.58. The van der Waals surface area contributed by atoms with Crippen LogP contribution in [0.5, 0.6) is 0 Å². The number of hydrogen-bond acceptors (Lipinski definition) is 6. The first-order chi connectivity index (χ1) is 14.4. The number of rotatable bonds is 4. The van der Waals surface area contributed by atoms with Crippen molar-refractivity contribution in [1.82, 2.24) is 9.97 Å². The smallest absolute Gasteiger partial charge is 0.311 e. The van der Waals surface area contributed by atoms with Crippen LogP contribution in [0.25, 0.3) is 21.2 Å². The van der Waals surface area contributed by atoms with Crippen molar-refractivity contribution in [2.24, 2.45) is 0 Å². The summed E-state index contributed by atoms with van der Waals surface area (Å²) < 4.78 is 11.3. The van der Waals surface area contributed by atoms with Crippen LogP contribution in [0, 0.1) is 13.8 Å². The number of thiophene rings is 1. The lowest BCUT2D eigenvalue weighted by Gasteiger charge is -2.12. The van der Waals surface area contributed by atoms with E-state index in [1.165, 1.54) is 22.5 Å². The van der Waals surface area contributed by atoms with Gasteiger partial charge in [0, 0.05) is 15.8 Å². The maximum Gasteiger partial charge on any atom is 0.311 e. The number of hydrogen-bond donors (Lipinski definition) is 1. The maximum absolute atomic E-state index is 12.6. The summed E-state index contributed by atoms with van der Waals surface area (Å²) in [5.41, 5.74) is 5.05. The van der Waals surface area contributed by atoms with Crippen LogP contribution in [-0.2, 0) is 28.8 Å². The van der Waals surface area contributed by atoms with E-state index in [0.29, 0.717) is 16.0 Å². The number of aromatic amines is 1. The number of H-pyrrole nitrogens is 1. The zero-order valence-electron chi connectivity index (χ0n) is 17.1. The Labute approximate surface area is 176 Å². The lowest BCUT2D eigenvalue weighted by atomic mass is 10.0. The molecule has 1 unspecified atom stereocenters. The van der Waals surface area contributed by atoms with E-state index in [0.717, 1.165) is 46.2 Å². The van der Waals surface area contributed by atoms with Gasteiger partial charge in [0.1, 0.15) is 10.4 Å². The van der Waals surface area contributed by atoms with E-state index >= 15 is 0 Å². The quantitative estimate of drug-likeness (QED) is 0.483. The average Bonchev–Trinajstić information content (AvgIpc) is 3.38. The van der Waals surface area contributed by atoms with Crippen molar-refractivity contribution in [3.63, 3.8) is 0 Å². The van der Waals surface area contributed by atoms with Gasteiger partial charge in [-0.05, 0) is 68.9 Å². The van der Waals surface area contributed by atoms with Crippen molar-refractivity contribution in [3.05, 3.63) is 61.7 Å². The molecule has 0 radical (unpaired) electrons. The zero-order chi connectivity index (χ0) is 21.0. The van der Waals surface area contributed by atoms with E-state index in [1.807, 2.05) is 13.8 Å². The molecule has 1 aliphatic rings. The molecule has 7 heteroatoms. The van der Waals surface area contributed by atoms with E-state index in [-0.39, 0.29) is 17.9 Å². The predicted octanol–water partition coefficient (Wildman–Crippen LogP) is 4.68. The number of ether oxygens (including phenoxy) is 1. The van der Waals surface area contributed by atoms with Gasteiger partial charge in [0.2, 0.25) is 0 Å². The third-order valence-corrected chi connectivity index (χ3v) is 7.05. The summed E-state index contributed by atoms with van der Waals surface area (Å²) in [6.07, 6.45) is 4.41. The fourth-order valence-corrected chi connectivity index (χ4v) is 5.24. The number of nitrogens with zero attached hydrogens (tertiary/aromatic N) is 1. The van der Waals surface area contributed by atoms with Gasteiger partial charge in [0.05, 0.1) is 18.1 Å². The minimum Gasteiger partial charge on any atom is -0.464 e. The molecule has 4 aromatic rings. The van der Waals surface area contributed by atoms with Crippen LogP contribution < -0.4 is 5.56 Å². The van der Waals surface area contributed by atoms with Gasteiger partial charge in [-0.1, -0.05) is 0 Å². The Hall–Kier alpha value is -2.93. The van der Waals surface area contributed by atoms with Gasteiger partial charge in [-0.15, -0.1) is 11.3 Å². The molecule has 3 heterocycles. The molecule has 0 saturated heterocycles. The number of aryl methyl sites for hydroxylation is 4. The van der Waals surface area contributed by atoms with Crippen molar-refractivity contribution < 1.29 is 13.9 Å². The number of benzene rings is 1. The van der Waals surface area contributed by atoms with Crippen molar-refractivity contribution in [1.29, 1.82) is 0 Å². The third kappa shape index (κ3) is 3.13. The Morgan fingerprint density at radius 1 is 1.30 bits per heavy atom. The molecule has 0 saturated carbocycles.